The Bertz CT molecular complexity index is 1180. The van der Waals surface area contributed by atoms with Crippen molar-refractivity contribution >= 4 is 34.2 Å². The first-order valence-corrected chi connectivity index (χ1v) is 11.3. The van der Waals surface area contributed by atoms with Gasteiger partial charge in [-0.2, -0.15) is 0 Å². The fourth-order valence-corrected chi connectivity index (χ4v) is 4.12. The number of ether oxygens (including phenoxy) is 4. The molecule has 1 amide bonds. The molecule has 3 aromatic rings. The molecule has 0 spiro atoms. The zero-order valence-electron chi connectivity index (χ0n) is 19.3. The maximum absolute atomic E-state index is 12.7. The van der Waals surface area contributed by atoms with E-state index in [1.807, 2.05) is 31.2 Å². The second-order valence-electron chi connectivity index (χ2n) is 7.13. The number of rotatable bonds is 9. The van der Waals surface area contributed by atoms with Gasteiger partial charge in [-0.1, -0.05) is 29.8 Å². The zero-order chi connectivity index (χ0) is 24.7. The van der Waals surface area contributed by atoms with Crippen molar-refractivity contribution in [2.24, 2.45) is 0 Å². The van der Waals surface area contributed by atoms with Gasteiger partial charge >= 0.3 is 11.9 Å². The van der Waals surface area contributed by atoms with E-state index in [-0.39, 0.29) is 17.7 Å². The SMILES string of the molecule is CCOC(=O)c1c(-c2ccc(C)cc2)csc1NC(=O)COC(=O)c1ccc(OC)c(OC)c1. The molecule has 1 heterocycles. The van der Waals surface area contributed by atoms with Crippen molar-refractivity contribution in [1.82, 2.24) is 0 Å². The Morgan fingerprint density at radius 2 is 1.62 bits per heavy atom. The van der Waals surface area contributed by atoms with Gasteiger partial charge in [-0.05, 0) is 37.6 Å². The lowest BCUT2D eigenvalue weighted by molar-refractivity contribution is -0.119. The van der Waals surface area contributed by atoms with Gasteiger partial charge in [0.2, 0.25) is 0 Å². The standard InChI is InChI=1S/C25H25NO7S/c1-5-32-25(29)22-18(16-8-6-15(2)7-9-16)14-34-23(22)26-21(27)13-33-24(28)17-10-11-19(30-3)20(12-17)31-4/h6-12,14H,5,13H2,1-4H3,(H,26,27). The minimum Gasteiger partial charge on any atom is -0.493 e. The Hall–Kier alpha value is -3.85. The fourth-order valence-electron chi connectivity index (χ4n) is 3.14. The number of carbonyl (C=O) groups is 3. The third-order valence-corrected chi connectivity index (χ3v) is 5.74. The molecular formula is C25H25NO7S. The highest BCUT2D eigenvalue weighted by atomic mass is 32.1. The van der Waals surface area contributed by atoms with Gasteiger partial charge in [0.1, 0.15) is 10.6 Å². The summed E-state index contributed by atoms with van der Waals surface area (Å²) in [5.41, 5.74) is 3.03. The van der Waals surface area contributed by atoms with Crippen molar-refractivity contribution in [2.75, 3.05) is 32.8 Å². The molecule has 0 aliphatic heterocycles. The number of hydrogen-bond acceptors (Lipinski definition) is 8. The van der Waals surface area contributed by atoms with Crippen LogP contribution in [0.25, 0.3) is 11.1 Å². The van der Waals surface area contributed by atoms with Gasteiger partial charge in [0.05, 0.1) is 26.4 Å². The van der Waals surface area contributed by atoms with Gasteiger partial charge in [0, 0.05) is 10.9 Å². The summed E-state index contributed by atoms with van der Waals surface area (Å²) < 4.78 is 20.7. The summed E-state index contributed by atoms with van der Waals surface area (Å²) >= 11 is 1.19. The quantitative estimate of drug-likeness (QED) is 0.440. The number of aryl methyl sites for hydroxylation is 1. The van der Waals surface area contributed by atoms with E-state index in [0.717, 1.165) is 11.1 Å². The Kier molecular flexibility index (Phi) is 8.26. The molecule has 1 aromatic heterocycles. The van der Waals surface area contributed by atoms with Crippen LogP contribution < -0.4 is 14.8 Å². The van der Waals surface area contributed by atoms with Crippen LogP contribution in [0.1, 0.15) is 33.2 Å². The van der Waals surface area contributed by atoms with Crippen LogP contribution in [0, 0.1) is 6.92 Å². The summed E-state index contributed by atoms with van der Waals surface area (Å²) in [5, 5.41) is 4.76. The second-order valence-corrected chi connectivity index (χ2v) is 8.01. The molecule has 0 fully saturated rings. The van der Waals surface area contributed by atoms with Gasteiger partial charge in [-0.15, -0.1) is 11.3 Å². The first-order chi connectivity index (χ1) is 16.4. The van der Waals surface area contributed by atoms with Crippen LogP contribution in [0.2, 0.25) is 0 Å². The Labute approximate surface area is 201 Å². The molecule has 34 heavy (non-hydrogen) atoms. The predicted octanol–water partition coefficient (Wildman–Crippen LogP) is 4.71. The number of hydrogen-bond donors (Lipinski definition) is 1. The molecule has 0 aliphatic rings. The van der Waals surface area contributed by atoms with Gasteiger partial charge in [0.15, 0.2) is 18.1 Å². The smallest absolute Gasteiger partial charge is 0.341 e. The molecular weight excluding hydrogens is 458 g/mol. The average molecular weight is 484 g/mol. The number of thiophene rings is 1. The van der Waals surface area contributed by atoms with E-state index in [0.29, 0.717) is 22.1 Å². The van der Waals surface area contributed by atoms with Crippen LogP contribution >= 0.6 is 11.3 Å². The highest BCUT2D eigenvalue weighted by Crippen LogP contribution is 2.36. The maximum atomic E-state index is 12.7. The molecule has 0 bridgehead atoms. The van der Waals surface area contributed by atoms with Crippen molar-refractivity contribution in [3.63, 3.8) is 0 Å². The van der Waals surface area contributed by atoms with Gasteiger partial charge < -0.3 is 24.3 Å². The summed E-state index contributed by atoms with van der Waals surface area (Å²) in [7, 11) is 2.94. The van der Waals surface area contributed by atoms with E-state index in [1.54, 1.807) is 18.4 Å². The molecule has 9 heteroatoms. The van der Waals surface area contributed by atoms with E-state index < -0.39 is 24.5 Å². The summed E-state index contributed by atoms with van der Waals surface area (Å²) in [6.45, 7) is 3.34. The van der Waals surface area contributed by atoms with Crippen molar-refractivity contribution in [2.45, 2.75) is 13.8 Å². The lowest BCUT2D eigenvalue weighted by Gasteiger charge is -2.10. The van der Waals surface area contributed by atoms with Crippen LogP contribution in [-0.2, 0) is 14.3 Å². The molecule has 0 atom stereocenters. The van der Waals surface area contributed by atoms with Crippen molar-refractivity contribution < 1.29 is 33.3 Å². The number of nitrogens with one attached hydrogen (secondary N) is 1. The molecule has 2 aromatic carbocycles. The number of esters is 2. The van der Waals surface area contributed by atoms with Crippen molar-refractivity contribution in [1.29, 1.82) is 0 Å². The molecule has 0 saturated carbocycles. The highest BCUT2D eigenvalue weighted by molar-refractivity contribution is 7.15. The molecule has 0 saturated heterocycles. The maximum Gasteiger partial charge on any atom is 0.341 e. The summed E-state index contributed by atoms with van der Waals surface area (Å²) in [6, 6.07) is 12.2. The molecule has 178 valence electrons. The lowest BCUT2D eigenvalue weighted by atomic mass is 10.0. The van der Waals surface area contributed by atoms with Crippen LogP contribution in [0.5, 0.6) is 11.5 Å². The minimum atomic E-state index is -0.701. The number of carbonyl (C=O) groups excluding carboxylic acids is 3. The van der Waals surface area contributed by atoms with Crippen LogP contribution in [0.15, 0.2) is 47.8 Å². The highest BCUT2D eigenvalue weighted by Gasteiger charge is 2.23. The van der Waals surface area contributed by atoms with E-state index in [9.17, 15) is 14.4 Å². The zero-order valence-corrected chi connectivity index (χ0v) is 20.1. The van der Waals surface area contributed by atoms with Gasteiger partial charge in [-0.3, -0.25) is 4.79 Å². The number of anilines is 1. The van der Waals surface area contributed by atoms with E-state index in [1.165, 1.54) is 37.7 Å². The van der Waals surface area contributed by atoms with Crippen LogP contribution in [-0.4, -0.2) is 45.3 Å². The predicted molar refractivity (Wildman–Crippen MR) is 129 cm³/mol. The molecule has 0 radical (unpaired) electrons. The Morgan fingerprint density at radius 1 is 0.912 bits per heavy atom. The first-order valence-electron chi connectivity index (χ1n) is 10.4. The van der Waals surface area contributed by atoms with E-state index >= 15 is 0 Å². The van der Waals surface area contributed by atoms with E-state index in [2.05, 4.69) is 5.32 Å². The molecule has 1 N–H and O–H groups in total. The molecule has 0 aliphatic carbocycles. The summed E-state index contributed by atoms with van der Waals surface area (Å²) in [6.07, 6.45) is 0. The van der Waals surface area contributed by atoms with Crippen molar-refractivity contribution in [3.05, 3.63) is 64.5 Å². The van der Waals surface area contributed by atoms with Crippen LogP contribution in [0.4, 0.5) is 5.00 Å². The topological polar surface area (TPSA) is 100 Å². The Balaban J connectivity index is 1.73. The number of amides is 1. The lowest BCUT2D eigenvalue weighted by Crippen LogP contribution is -2.21. The minimum absolute atomic E-state index is 0.193. The van der Waals surface area contributed by atoms with Gasteiger partial charge in [-0.25, -0.2) is 9.59 Å². The number of benzene rings is 2. The normalized spacial score (nSPS) is 10.4. The summed E-state index contributed by atoms with van der Waals surface area (Å²) in [5.74, 6) is -1.00. The largest absolute Gasteiger partial charge is 0.493 e. The molecule has 3 rings (SSSR count). The first kappa shape index (κ1) is 24.8. The monoisotopic (exact) mass is 483 g/mol. The van der Waals surface area contributed by atoms with E-state index in [4.69, 9.17) is 18.9 Å². The third-order valence-electron chi connectivity index (χ3n) is 4.84. The molecule has 8 nitrogen and oxygen atoms in total. The van der Waals surface area contributed by atoms with Gasteiger partial charge in [0.25, 0.3) is 5.91 Å². The fraction of sp³-hybridized carbons (Fsp3) is 0.240. The molecule has 0 unspecified atom stereocenters. The van der Waals surface area contributed by atoms with Crippen LogP contribution in [0.3, 0.4) is 0 Å². The van der Waals surface area contributed by atoms with Crippen molar-refractivity contribution in [3.8, 4) is 22.6 Å². The summed E-state index contributed by atoms with van der Waals surface area (Å²) in [4.78, 5) is 37.6. The average Bonchev–Trinajstić information content (AvgIpc) is 3.26. The number of methoxy groups -OCH3 is 2. The third kappa shape index (κ3) is 5.74. The Morgan fingerprint density at radius 3 is 2.26 bits per heavy atom. The second kappa shape index (κ2) is 11.3.